The van der Waals surface area contributed by atoms with Crippen LogP contribution in [0.2, 0.25) is 0 Å². The van der Waals surface area contributed by atoms with E-state index in [2.05, 4.69) is 61.9 Å². The van der Waals surface area contributed by atoms with Crippen molar-refractivity contribution in [2.24, 2.45) is 9.98 Å². The van der Waals surface area contributed by atoms with E-state index in [9.17, 15) is 9.90 Å². The molecule has 1 aromatic heterocycles. The molecule has 398 valence electrons. The van der Waals surface area contributed by atoms with E-state index in [0.29, 0.717) is 122 Å². The topological polar surface area (TPSA) is 158 Å². The summed E-state index contributed by atoms with van der Waals surface area (Å²) in [7, 11) is 12.2. The van der Waals surface area contributed by atoms with Crippen LogP contribution in [0.5, 0.6) is 28.7 Å². The predicted octanol–water partition coefficient (Wildman–Crippen LogP) is 9.40. The number of likely N-dealkylation sites (N-methyl/N-ethyl adjacent to an activating group) is 2. The van der Waals surface area contributed by atoms with Crippen LogP contribution in [0.4, 0.5) is 11.4 Å². The van der Waals surface area contributed by atoms with Gasteiger partial charge in [-0.25, -0.2) is 0 Å². The van der Waals surface area contributed by atoms with Crippen LogP contribution in [0, 0.1) is 0 Å². The molecule has 0 aliphatic carbocycles. The SMILES string of the molecule is C/C=N\c1cc(OCc2cc(OCCN(CCOCCOCCOC)CC(C)(C)SSC)cc(COc3cc(/N=C\C4C/C(=C\C)CN4C)c(CO)cc3OC)n2)c(OC)cc1C(=O)N(C)C/C(=C/C)CC. The van der Waals surface area contributed by atoms with Crippen molar-refractivity contribution in [1.29, 1.82) is 0 Å². The fourth-order valence-corrected chi connectivity index (χ4v) is 10.2. The molecule has 1 aliphatic rings. The molecule has 1 fully saturated rings. The van der Waals surface area contributed by atoms with Crippen molar-refractivity contribution in [2.45, 2.75) is 85.0 Å². The standard InChI is InChI=1S/C54H80N6O10S2/c1-13-39(14-2)33-59(8)53(62)46-29-50(65-11)52(31-48(46)55-16-4)70-37-43-28-45(68-20-18-60(38-54(5,6)72-71-12)17-19-66-23-24-67-22-21-63-9)27-42(57-43)36-69-51-30-47(41(35-61)26-49(51)64-10)56-32-44-25-40(15-3)34-58(44)7/h13,15-16,26-32,44,61H,14,17-25,33-38H2,1-12H3/b39-13+,40-15+,55-16-,56-32-. The van der Waals surface area contributed by atoms with E-state index in [-0.39, 0.29) is 36.5 Å². The number of aromatic nitrogens is 1. The maximum Gasteiger partial charge on any atom is 0.256 e. The van der Waals surface area contributed by atoms with Gasteiger partial charge >= 0.3 is 0 Å². The van der Waals surface area contributed by atoms with E-state index in [4.69, 9.17) is 47.9 Å². The zero-order valence-electron chi connectivity index (χ0n) is 44.8. The van der Waals surface area contributed by atoms with Crippen LogP contribution in [0.25, 0.3) is 0 Å². The van der Waals surface area contributed by atoms with Crippen LogP contribution in [-0.4, -0.2) is 168 Å². The molecule has 1 unspecified atom stereocenters. The highest BCUT2D eigenvalue weighted by Gasteiger charge is 2.25. The van der Waals surface area contributed by atoms with Gasteiger partial charge in [-0.1, -0.05) is 51.8 Å². The molecule has 0 bridgehead atoms. The Labute approximate surface area is 436 Å². The van der Waals surface area contributed by atoms with Crippen LogP contribution in [0.3, 0.4) is 0 Å². The summed E-state index contributed by atoms with van der Waals surface area (Å²) in [5.74, 6) is 2.06. The molecule has 4 rings (SSSR count). The molecule has 1 aliphatic heterocycles. The molecule has 1 saturated heterocycles. The van der Waals surface area contributed by atoms with Crippen molar-refractivity contribution in [2.75, 3.05) is 114 Å². The number of nitrogens with zero attached hydrogens (tertiary/aromatic N) is 6. The van der Waals surface area contributed by atoms with Crippen molar-refractivity contribution in [1.82, 2.24) is 19.7 Å². The number of hydrogen-bond acceptors (Lipinski definition) is 17. The van der Waals surface area contributed by atoms with Gasteiger partial charge in [-0.15, -0.1) is 0 Å². The lowest BCUT2D eigenvalue weighted by atomic mass is 10.1. The van der Waals surface area contributed by atoms with Gasteiger partial charge < -0.3 is 47.9 Å². The Morgan fingerprint density at radius 2 is 1.50 bits per heavy atom. The zero-order chi connectivity index (χ0) is 52.5. The van der Waals surface area contributed by atoms with Crippen molar-refractivity contribution in [3.8, 4) is 28.7 Å². The van der Waals surface area contributed by atoms with Gasteiger partial charge in [0.05, 0.1) is 82.2 Å². The third kappa shape index (κ3) is 19.3. The molecule has 0 spiro atoms. The number of carbonyl (C=O) groups excluding carboxylic acids is 1. The fourth-order valence-electron chi connectivity index (χ4n) is 7.97. The summed E-state index contributed by atoms with van der Waals surface area (Å²) in [6.45, 7) is 18.9. The number of aliphatic hydroxyl groups is 1. The van der Waals surface area contributed by atoms with Gasteiger partial charge in [-0.2, -0.15) is 0 Å². The molecule has 3 aromatic rings. The molecule has 18 heteroatoms. The van der Waals surface area contributed by atoms with Crippen LogP contribution in [0.15, 0.2) is 69.7 Å². The number of carbonyl (C=O) groups is 1. The summed E-state index contributed by atoms with van der Waals surface area (Å²) in [5.41, 5.74) is 5.70. The molecule has 0 saturated carbocycles. The van der Waals surface area contributed by atoms with Crippen molar-refractivity contribution < 1.29 is 47.8 Å². The summed E-state index contributed by atoms with van der Waals surface area (Å²) in [4.78, 5) is 34.5. The summed E-state index contributed by atoms with van der Waals surface area (Å²) in [6, 6.07) is 10.8. The second kappa shape index (κ2) is 31.8. The average molecular weight is 1040 g/mol. The highest BCUT2D eigenvalue weighted by Crippen LogP contribution is 2.38. The lowest BCUT2D eigenvalue weighted by Gasteiger charge is -2.31. The largest absolute Gasteiger partial charge is 0.493 e. The molecule has 1 amide bonds. The second-order valence-electron chi connectivity index (χ2n) is 17.8. The number of rotatable bonds is 33. The lowest BCUT2D eigenvalue weighted by molar-refractivity contribution is 0.0184. The van der Waals surface area contributed by atoms with Gasteiger partial charge in [0.15, 0.2) is 23.0 Å². The minimum atomic E-state index is -0.222. The van der Waals surface area contributed by atoms with E-state index in [1.54, 1.807) is 81.5 Å². The molecule has 2 heterocycles. The molecule has 16 nitrogen and oxygen atoms in total. The van der Waals surface area contributed by atoms with Crippen molar-refractivity contribution >= 4 is 51.3 Å². The van der Waals surface area contributed by atoms with Gasteiger partial charge in [0.1, 0.15) is 25.6 Å². The summed E-state index contributed by atoms with van der Waals surface area (Å²) >= 11 is 0. The molecular formula is C54H80N6O10S2. The van der Waals surface area contributed by atoms with E-state index in [1.165, 1.54) is 5.57 Å². The Morgan fingerprint density at radius 3 is 2.08 bits per heavy atom. The Bertz CT molecular complexity index is 2280. The Balaban J connectivity index is 1.64. The molecular weight excluding hydrogens is 957 g/mol. The number of likely N-dealkylation sites (tertiary alicyclic amines) is 1. The first-order valence-corrected chi connectivity index (χ1v) is 27.1. The van der Waals surface area contributed by atoms with Gasteiger partial charge in [-0.3, -0.25) is 29.6 Å². The third-order valence-electron chi connectivity index (χ3n) is 11.9. The summed E-state index contributed by atoms with van der Waals surface area (Å²) < 4.78 is 47.6. The van der Waals surface area contributed by atoms with Crippen LogP contribution < -0.4 is 23.7 Å². The number of benzene rings is 2. The normalized spacial score (nSPS) is 15.1. The predicted molar refractivity (Wildman–Crippen MR) is 293 cm³/mol. The van der Waals surface area contributed by atoms with Gasteiger partial charge in [0, 0.05) is 99.9 Å². The summed E-state index contributed by atoms with van der Waals surface area (Å²) in [6.07, 6.45) is 11.6. The number of aliphatic hydroxyl groups excluding tert-OH is 1. The monoisotopic (exact) mass is 1040 g/mol. The molecule has 0 radical (unpaired) electrons. The molecule has 1 atom stereocenters. The summed E-state index contributed by atoms with van der Waals surface area (Å²) in [5, 5.41) is 10.3. The Kier molecular flexibility index (Phi) is 26.5. The van der Waals surface area contributed by atoms with Crippen LogP contribution >= 0.6 is 21.6 Å². The third-order valence-corrected chi connectivity index (χ3v) is 14.5. The minimum absolute atomic E-state index is 0.0193. The number of methoxy groups -OCH3 is 3. The number of pyridine rings is 1. The number of hydrogen-bond donors (Lipinski definition) is 1. The smallest absolute Gasteiger partial charge is 0.256 e. The van der Waals surface area contributed by atoms with Crippen LogP contribution in [-0.2, 0) is 34.0 Å². The maximum atomic E-state index is 13.8. The minimum Gasteiger partial charge on any atom is -0.493 e. The Morgan fingerprint density at radius 1 is 0.861 bits per heavy atom. The van der Waals surface area contributed by atoms with Gasteiger partial charge in [0.2, 0.25) is 0 Å². The lowest BCUT2D eigenvalue weighted by Crippen LogP contribution is -2.40. The van der Waals surface area contributed by atoms with E-state index in [1.807, 2.05) is 42.1 Å². The fraction of sp³-hybridized carbons (Fsp3) is 0.556. The first-order valence-electron chi connectivity index (χ1n) is 24.5. The highest BCUT2D eigenvalue weighted by molar-refractivity contribution is 8.77. The average Bonchev–Trinajstić information content (AvgIpc) is 3.74. The number of aliphatic imine (C=N–C) groups is 2. The molecule has 1 N–H and O–H groups in total. The maximum absolute atomic E-state index is 13.8. The quantitative estimate of drug-likeness (QED) is 0.0266. The van der Waals surface area contributed by atoms with Gasteiger partial charge in [0.25, 0.3) is 5.91 Å². The van der Waals surface area contributed by atoms with Crippen LogP contribution in [0.1, 0.15) is 81.7 Å². The van der Waals surface area contributed by atoms with Gasteiger partial charge in [-0.05, 0) is 72.9 Å². The van der Waals surface area contributed by atoms with Crippen molar-refractivity contribution in [3.63, 3.8) is 0 Å². The van der Waals surface area contributed by atoms with Crippen molar-refractivity contribution in [3.05, 3.63) is 82.2 Å². The number of ether oxygens (including phenoxy) is 8. The number of allylic oxidation sites excluding steroid dienone is 2. The first-order chi connectivity index (χ1) is 34.7. The molecule has 72 heavy (non-hydrogen) atoms. The molecule has 2 aromatic carbocycles. The number of amides is 1. The second-order valence-corrected chi connectivity index (χ2v) is 20.9. The Hall–Kier alpha value is -4.66. The van der Waals surface area contributed by atoms with E-state index in [0.717, 1.165) is 31.5 Å². The zero-order valence-corrected chi connectivity index (χ0v) is 46.4. The highest BCUT2D eigenvalue weighted by atomic mass is 33.1. The van der Waals surface area contributed by atoms with E-state index < -0.39 is 0 Å². The van der Waals surface area contributed by atoms with E-state index >= 15 is 0 Å². The first kappa shape index (κ1) is 59.9.